The predicted molar refractivity (Wildman–Crippen MR) is 117 cm³/mol. The second-order valence-corrected chi connectivity index (χ2v) is 7.51. The molecule has 0 unspecified atom stereocenters. The van der Waals surface area contributed by atoms with E-state index >= 15 is 0 Å². The molecular formula is C25H40N+. The van der Waals surface area contributed by atoms with E-state index in [1.165, 1.54) is 68.2 Å². The minimum Gasteiger partial charge on any atom is -0.320 e. The summed E-state index contributed by atoms with van der Waals surface area (Å²) in [6.07, 6.45) is 17.2. The van der Waals surface area contributed by atoms with Gasteiger partial charge >= 0.3 is 0 Å². The quantitative estimate of drug-likeness (QED) is 0.159. The molecular weight excluding hydrogens is 314 g/mol. The Kier molecular flexibility index (Phi) is 12.6. The van der Waals surface area contributed by atoms with Gasteiger partial charge < -0.3 is 4.48 Å². The second-order valence-electron chi connectivity index (χ2n) is 7.51. The van der Waals surface area contributed by atoms with E-state index in [-0.39, 0.29) is 0 Å². The zero-order chi connectivity index (χ0) is 18.9. The summed E-state index contributed by atoms with van der Waals surface area (Å²) in [5, 5.41) is 0. The van der Waals surface area contributed by atoms with Crippen LogP contribution in [0, 0.1) is 0 Å². The summed E-state index contributed by atoms with van der Waals surface area (Å²) in [6, 6.07) is 11.1. The first kappa shape index (κ1) is 22.4. The van der Waals surface area contributed by atoms with Crippen molar-refractivity contribution < 1.29 is 4.48 Å². The highest BCUT2D eigenvalue weighted by Gasteiger charge is 2.26. The number of unbranched alkanes of at least 4 members (excludes halogenated alkanes) is 6. The molecule has 1 aromatic rings. The molecule has 0 atom stereocenters. The largest absolute Gasteiger partial charge is 0.320 e. The zero-order valence-corrected chi connectivity index (χ0v) is 16.9. The first-order valence-corrected chi connectivity index (χ1v) is 10.5. The maximum absolute atomic E-state index is 3.88. The predicted octanol–water partition coefficient (Wildman–Crippen LogP) is 7.07. The van der Waals surface area contributed by atoms with E-state index in [4.69, 9.17) is 0 Å². The number of hydrogen-bond acceptors (Lipinski definition) is 0. The first-order chi connectivity index (χ1) is 12.8. The Morgan fingerprint density at radius 1 is 0.615 bits per heavy atom. The van der Waals surface area contributed by atoms with Crippen LogP contribution >= 0.6 is 0 Å². The van der Waals surface area contributed by atoms with Crippen LogP contribution in [-0.4, -0.2) is 24.1 Å². The van der Waals surface area contributed by atoms with E-state index < -0.39 is 0 Å². The molecule has 0 aliphatic rings. The van der Waals surface area contributed by atoms with Gasteiger partial charge in [-0.1, -0.05) is 48.6 Å². The highest BCUT2D eigenvalue weighted by molar-refractivity contribution is 5.13. The van der Waals surface area contributed by atoms with Crippen molar-refractivity contribution in [3.05, 3.63) is 73.9 Å². The zero-order valence-electron chi connectivity index (χ0n) is 16.9. The third kappa shape index (κ3) is 9.77. The Bertz CT molecular complexity index is 447. The fourth-order valence-corrected chi connectivity index (χ4v) is 3.75. The summed E-state index contributed by atoms with van der Waals surface area (Å²) >= 11 is 0. The Morgan fingerprint density at radius 3 is 1.42 bits per heavy atom. The number of allylic oxidation sites excluding steroid dienone is 3. The van der Waals surface area contributed by atoms with Crippen LogP contribution in [0.3, 0.4) is 0 Å². The van der Waals surface area contributed by atoms with Gasteiger partial charge in [0.1, 0.15) is 6.54 Å². The van der Waals surface area contributed by atoms with Gasteiger partial charge in [0.2, 0.25) is 0 Å². The van der Waals surface area contributed by atoms with E-state index in [1.807, 2.05) is 0 Å². The van der Waals surface area contributed by atoms with Crippen LogP contribution in [0.2, 0.25) is 0 Å². The third-order valence-electron chi connectivity index (χ3n) is 5.23. The Morgan fingerprint density at radius 2 is 1.04 bits per heavy atom. The molecule has 0 N–H and O–H groups in total. The molecule has 0 saturated carbocycles. The van der Waals surface area contributed by atoms with Crippen molar-refractivity contribution in [3.8, 4) is 0 Å². The number of rotatable bonds is 17. The van der Waals surface area contributed by atoms with Crippen LogP contribution in [0.15, 0.2) is 68.3 Å². The summed E-state index contributed by atoms with van der Waals surface area (Å²) in [4.78, 5) is 0. The molecule has 0 bridgehead atoms. The van der Waals surface area contributed by atoms with Crippen molar-refractivity contribution in [2.24, 2.45) is 0 Å². The van der Waals surface area contributed by atoms with Crippen molar-refractivity contribution in [3.63, 3.8) is 0 Å². The monoisotopic (exact) mass is 354 g/mol. The number of benzene rings is 1. The van der Waals surface area contributed by atoms with Gasteiger partial charge in [0.05, 0.1) is 19.6 Å². The Hall–Kier alpha value is -1.60. The fraction of sp³-hybridized carbons (Fsp3) is 0.520. The summed E-state index contributed by atoms with van der Waals surface area (Å²) in [5.74, 6) is 0. The smallest absolute Gasteiger partial charge is 0.104 e. The minimum atomic E-state index is 1.14. The van der Waals surface area contributed by atoms with E-state index in [1.54, 1.807) is 0 Å². The van der Waals surface area contributed by atoms with E-state index in [0.717, 1.165) is 25.8 Å². The average Bonchev–Trinajstić information content (AvgIpc) is 2.67. The molecule has 0 amide bonds. The summed E-state index contributed by atoms with van der Waals surface area (Å²) in [7, 11) is 0. The van der Waals surface area contributed by atoms with Crippen LogP contribution in [0.5, 0.6) is 0 Å². The second kappa shape index (κ2) is 14.6. The van der Waals surface area contributed by atoms with E-state index in [0.29, 0.717) is 0 Å². The summed E-state index contributed by atoms with van der Waals surface area (Å²) < 4.78 is 1.23. The first-order valence-electron chi connectivity index (χ1n) is 10.5. The van der Waals surface area contributed by atoms with Crippen LogP contribution in [-0.2, 0) is 6.54 Å². The van der Waals surface area contributed by atoms with Crippen LogP contribution < -0.4 is 0 Å². The lowest BCUT2D eigenvalue weighted by Crippen LogP contribution is -2.49. The van der Waals surface area contributed by atoms with Crippen LogP contribution in [0.25, 0.3) is 0 Å². The molecule has 144 valence electrons. The molecule has 0 aromatic heterocycles. The van der Waals surface area contributed by atoms with Crippen LogP contribution in [0.4, 0.5) is 0 Å². The van der Waals surface area contributed by atoms with Crippen molar-refractivity contribution >= 4 is 0 Å². The Balaban J connectivity index is 2.81. The maximum Gasteiger partial charge on any atom is 0.104 e. The summed E-state index contributed by atoms with van der Waals surface area (Å²) in [6.45, 7) is 16.6. The number of nitrogens with zero attached hydrogens (tertiary/aromatic N) is 1. The van der Waals surface area contributed by atoms with Crippen molar-refractivity contribution in [2.45, 2.75) is 64.3 Å². The molecule has 26 heavy (non-hydrogen) atoms. The molecule has 0 spiro atoms. The van der Waals surface area contributed by atoms with Gasteiger partial charge in [-0.15, -0.1) is 19.7 Å². The minimum absolute atomic E-state index is 1.14. The van der Waals surface area contributed by atoms with Gasteiger partial charge in [-0.3, -0.25) is 0 Å². The van der Waals surface area contributed by atoms with Gasteiger partial charge in [-0.25, -0.2) is 0 Å². The lowest BCUT2D eigenvalue weighted by atomic mass is 10.1. The highest BCUT2D eigenvalue weighted by Crippen LogP contribution is 2.21. The van der Waals surface area contributed by atoms with Gasteiger partial charge in [-0.05, 0) is 57.8 Å². The van der Waals surface area contributed by atoms with Gasteiger partial charge in [0.15, 0.2) is 0 Å². The normalized spacial score (nSPS) is 11.2. The molecule has 0 heterocycles. The van der Waals surface area contributed by atoms with Crippen molar-refractivity contribution in [2.75, 3.05) is 19.6 Å². The molecule has 0 fully saturated rings. The molecule has 1 nitrogen and oxygen atoms in total. The van der Waals surface area contributed by atoms with Crippen molar-refractivity contribution in [1.29, 1.82) is 0 Å². The topological polar surface area (TPSA) is 0 Å². The van der Waals surface area contributed by atoms with E-state index in [9.17, 15) is 0 Å². The SMILES string of the molecule is C=CCCCC[N+](CCCCC=C)(CCCCC=C)Cc1ccccc1. The lowest BCUT2D eigenvalue weighted by molar-refractivity contribution is -0.941. The number of hydrogen-bond donors (Lipinski definition) is 0. The fourth-order valence-electron chi connectivity index (χ4n) is 3.75. The molecule has 0 radical (unpaired) electrons. The van der Waals surface area contributed by atoms with Gasteiger partial charge in [0, 0.05) is 5.56 Å². The highest BCUT2D eigenvalue weighted by atomic mass is 15.3. The molecule has 0 saturated heterocycles. The standard InChI is InChI=1S/C25H40N/c1-4-7-10-16-21-26(22-17-11-8-5-2,23-18-12-9-6-3)24-25-19-14-13-15-20-25/h4-6,13-15,19-20H,1-3,7-12,16-18,21-24H2/q+1. The van der Waals surface area contributed by atoms with E-state index in [2.05, 4.69) is 68.3 Å². The maximum atomic E-state index is 3.88. The molecule has 1 rings (SSSR count). The Labute approximate surface area is 162 Å². The van der Waals surface area contributed by atoms with Gasteiger partial charge in [0.25, 0.3) is 0 Å². The molecule has 1 aromatic carbocycles. The average molecular weight is 355 g/mol. The van der Waals surface area contributed by atoms with Gasteiger partial charge in [-0.2, -0.15) is 0 Å². The van der Waals surface area contributed by atoms with Crippen LogP contribution in [0.1, 0.15) is 63.4 Å². The lowest BCUT2D eigenvalue weighted by Gasteiger charge is -2.39. The van der Waals surface area contributed by atoms with Crippen molar-refractivity contribution in [1.82, 2.24) is 0 Å². The third-order valence-corrected chi connectivity index (χ3v) is 5.23. The number of quaternary nitrogens is 1. The molecule has 1 heteroatoms. The summed E-state index contributed by atoms with van der Waals surface area (Å²) in [5.41, 5.74) is 1.48. The molecule has 0 aliphatic heterocycles. The molecule has 0 aliphatic carbocycles.